The first-order valence-electron chi connectivity index (χ1n) is 7.81. The maximum Gasteiger partial charge on any atom is 0.416 e. The minimum atomic E-state index is -4.55. The predicted octanol–water partition coefficient (Wildman–Crippen LogP) is 1.60. The van der Waals surface area contributed by atoms with Crippen LogP contribution >= 0.6 is 0 Å². The highest BCUT2D eigenvalue weighted by molar-refractivity contribution is 5.88. The molecular weight excluding hydrogens is 371 g/mol. The molecule has 1 rings (SSSR count). The standard InChI is InChI=1S/C17H20F3NO6/c1-9(8-12(22)26-2)13(16(25)27-3)21-15(24)14(23)10-4-6-11(7-5-10)17(18,19)20/h4-7,9,13-14,23H,8H2,1-3H3,(H,21,24)/t9-,13+,14+/m1/s1. The summed E-state index contributed by atoms with van der Waals surface area (Å²) in [5.41, 5.74) is -1.03. The van der Waals surface area contributed by atoms with Gasteiger partial charge in [0.2, 0.25) is 0 Å². The number of ether oxygens (including phenoxy) is 2. The number of amides is 1. The first-order valence-corrected chi connectivity index (χ1v) is 7.81. The van der Waals surface area contributed by atoms with Gasteiger partial charge < -0.3 is 19.9 Å². The average Bonchev–Trinajstić information content (AvgIpc) is 2.63. The van der Waals surface area contributed by atoms with Crippen molar-refractivity contribution < 1.29 is 42.1 Å². The summed E-state index contributed by atoms with van der Waals surface area (Å²) in [6.07, 6.45) is -6.57. The minimum Gasteiger partial charge on any atom is -0.469 e. The van der Waals surface area contributed by atoms with Gasteiger partial charge in [-0.25, -0.2) is 4.79 Å². The van der Waals surface area contributed by atoms with Gasteiger partial charge in [-0.1, -0.05) is 19.1 Å². The van der Waals surface area contributed by atoms with Gasteiger partial charge in [-0.15, -0.1) is 0 Å². The van der Waals surface area contributed by atoms with E-state index in [1.54, 1.807) is 0 Å². The molecule has 0 aromatic heterocycles. The molecule has 1 aromatic rings. The molecule has 0 aliphatic rings. The van der Waals surface area contributed by atoms with Crippen molar-refractivity contribution in [2.45, 2.75) is 31.7 Å². The number of carbonyl (C=O) groups excluding carboxylic acids is 3. The number of benzene rings is 1. The van der Waals surface area contributed by atoms with Crippen molar-refractivity contribution >= 4 is 17.8 Å². The predicted molar refractivity (Wildman–Crippen MR) is 86.1 cm³/mol. The quantitative estimate of drug-likeness (QED) is 0.685. The topological polar surface area (TPSA) is 102 Å². The van der Waals surface area contributed by atoms with Gasteiger partial charge in [-0.2, -0.15) is 13.2 Å². The van der Waals surface area contributed by atoms with E-state index in [9.17, 15) is 32.7 Å². The summed E-state index contributed by atoms with van der Waals surface area (Å²) in [7, 11) is 2.24. The SMILES string of the molecule is COC(=O)C[C@@H](C)[C@H](NC(=O)[C@@H](O)c1ccc(C(F)(F)F)cc1)C(=O)OC. The van der Waals surface area contributed by atoms with E-state index < -0.39 is 47.6 Å². The van der Waals surface area contributed by atoms with Crippen LogP contribution in [-0.2, 0) is 30.0 Å². The van der Waals surface area contributed by atoms with E-state index in [-0.39, 0.29) is 12.0 Å². The molecule has 0 unspecified atom stereocenters. The smallest absolute Gasteiger partial charge is 0.416 e. The van der Waals surface area contributed by atoms with Gasteiger partial charge in [0.15, 0.2) is 6.10 Å². The largest absolute Gasteiger partial charge is 0.469 e. The Balaban J connectivity index is 2.90. The van der Waals surface area contributed by atoms with Crippen molar-refractivity contribution in [3.8, 4) is 0 Å². The van der Waals surface area contributed by atoms with Crippen molar-refractivity contribution in [2.75, 3.05) is 14.2 Å². The fraction of sp³-hybridized carbons (Fsp3) is 0.471. The molecule has 0 radical (unpaired) electrons. The molecule has 27 heavy (non-hydrogen) atoms. The van der Waals surface area contributed by atoms with Crippen LogP contribution in [0.2, 0.25) is 0 Å². The van der Waals surface area contributed by atoms with Crippen LogP contribution in [0.4, 0.5) is 13.2 Å². The number of carbonyl (C=O) groups is 3. The van der Waals surface area contributed by atoms with Crippen LogP contribution in [0.1, 0.15) is 30.6 Å². The Labute approximate surface area is 153 Å². The monoisotopic (exact) mass is 391 g/mol. The van der Waals surface area contributed by atoms with E-state index in [0.29, 0.717) is 0 Å². The highest BCUT2D eigenvalue weighted by atomic mass is 19.4. The van der Waals surface area contributed by atoms with E-state index in [0.717, 1.165) is 38.5 Å². The molecule has 0 aliphatic carbocycles. The van der Waals surface area contributed by atoms with Crippen molar-refractivity contribution in [1.29, 1.82) is 0 Å². The molecule has 2 N–H and O–H groups in total. The number of halogens is 3. The molecule has 1 amide bonds. The van der Waals surface area contributed by atoms with E-state index in [2.05, 4.69) is 14.8 Å². The molecular formula is C17H20F3NO6. The zero-order valence-corrected chi connectivity index (χ0v) is 14.9. The minimum absolute atomic E-state index is 0.0928. The molecule has 150 valence electrons. The number of rotatable bonds is 7. The number of nitrogens with one attached hydrogen (secondary N) is 1. The number of hydrogen-bond donors (Lipinski definition) is 2. The molecule has 3 atom stereocenters. The lowest BCUT2D eigenvalue weighted by atomic mass is 9.97. The highest BCUT2D eigenvalue weighted by Gasteiger charge is 2.33. The first-order chi connectivity index (χ1) is 12.5. The Bertz CT molecular complexity index is 674. The van der Waals surface area contributed by atoms with Crippen molar-refractivity contribution in [3.63, 3.8) is 0 Å². The van der Waals surface area contributed by atoms with Gasteiger partial charge in [0.1, 0.15) is 6.04 Å². The number of alkyl halides is 3. The van der Waals surface area contributed by atoms with Crippen molar-refractivity contribution in [2.24, 2.45) is 5.92 Å². The number of esters is 2. The van der Waals surface area contributed by atoms with Crippen LogP contribution < -0.4 is 5.32 Å². The molecule has 0 bridgehead atoms. The molecule has 0 saturated heterocycles. The van der Waals surface area contributed by atoms with Gasteiger partial charge in [-0.3, -0.25) is 9.59 Å². The zero-order chi connectivity index (χ0) is 20.8. The van der Waals surface area contributed by atoms with Crippen molar-refractivity contribution in [1.82, 2.24) is 5.32 Å². The van der Waals surface area contributed by atoms with E-state index in [1.165, 1.54) is 6.92 Å². The first kappa shape index (κ1) is 22.4. The molecule has 0 aliphatic heterocycles. The third kappa shape index (κ3) is 6.24. The Morgan fingerprint density at radius 1 is 1.11 bits per heavy atom. The Hall–Kier alpha value is -2.62. The van der Waals surface area contributed by atoms with Gasteiger partial charge >= 0.3 is 18.1 Å². The Morgan fingerprint density at radius 3 is 2.11 bits per heavy atom. The third-order valence-electron chi connectivity index (χ3n) is 3.84. The zero-order valence-electron chi connectivity index (χ0n) is 14.9. The second kappa shape index (κ2) is 9.36. The molecule has 0 heterocycles. The van der Waals surface area contributed by atoms with Crippen LogP contribution in [0.25, 0.3) is 0 Å². The highest BCUT2D eigenvalue weighted by Crippen LogP contribution is 2.30. The fourth-order valence-electron chi connectivity index (χ4n) is 2.26. The van der Waals surface area contributed by atoms with Crippen LogP contribution in [0.15, 0.2) is 24.3 Å². The second-order valence-corrected chi connectivity index (χ2v) is 5.79. The van der Waals surface area contributed by atoms with Gasteiger partial charge in [-0.05, 0) is 23.6 Å². The normalized spacial score (nSPS) is 14.6. The van der Waals surface area contributed by atoms with Gasteiger partial charge in [0.05, 0.1) is 26.2 Å². The summed E-state index contributed by atoms with van der Waals surface area (Å²) in [4.78, 5) is 35.4. The van der Waals surface area contributed by atoms with Crippen molar-refractivity contribution in [3.05, 3.63) is 35.4 Å². The van der Waals surface area contributed by atoms with Gasteiger partial charge in [0.25, 0.3) is 5.91 Å². The van der Waals surface area contributed by atoms with Crippen LogP contribution in [0.3, 0.4) is 0 Å². The summed E-state index contributed by atoms with van der Waals surface area (Å²) in [6.45, 7) is 1.49. The summed E-state index contributed by atoms with van der Waals surface area (Å²) < 4.78 is 46.8. The van der Waals surface area contributed by atoms with E-state index in [4.69, 9.17) is 0 Å². The summed E-state index contributed by atoms with van der Waals surface area (Å²) in [5, 5.41) is 12.3. The van der Waals surface area contributed by atoms with Crippen LogP contribution in [0, 0.1) is 5.92 Å². The lowest BCUT2D eigenvalue weighted by molar-refractivity contribution is -0.149. The summed E-state index contributed by atoms with van der Waals surface area (Å²) in [6, 6.07) is 2.11. The Kier molecular flexibility index (Phi) is 7.77. The molecule has 1 aromatic carbocycles. The van der Waals surface area contributed by atoms with Crippen LogP contribution in [-0.4, -0.2) is 43.2 Å². The summed E-state index contributed by atoms with van der Waals surface area (Å²) in [5.74, 6) is -3.20. The summed E-state index contributed by atoms with van der Waals surface area (Å²) >= 11 is 0. The second-order valence-electron chi connectivity index (χ2n) is 5.79. The fourth-order valence-corrected chi connectivity index (χ4v) is 2.26. The molecule has 0 saturated carbocycles. The third-order valence-corrected chi connectivity index (χ3v) is 3.84. The number of aliphatic hydroxyl groups is 1. The molecule has 0 spiro atoms. The maximum atomic E-state index is 12.6. The molecule has 10 heteroatoms. The Morgan fingerprint density at radius 2 is 1.67 bits per heavy atom. The maximum absolute atomic E-state index is 12.6. The number of hydrogen-bond acceptors (Lipinski definition) is 6. The van der Waals surface area contributed by atoms with Gasteiger partial charge in [0, 0.05) is 0 Å². The number of methoxy groups -OCH3 is 2. The van der Waals surface area contributed by atoms with E-state index in [1.807, 2.05) is 0 Å². The lowest BCUT2D eigenvalue weighted by Gasteiger charge is -2.23. The molecule has 0 fully saturated rings. The lowest BCUT2D eigenvalue weighted by Crippen LogP contribution is -2.48. The average molecular weight is 391 g/mol. The van der Waals surface area contributed by atoms with E-state index >= 15 is 0 Å². The molecule has 7 nitrogen and oxygen atoms in total. The van der Waals surface area contributed by atoms with Crippen LogP contribution in [0.5, 0.6) is 0 Å². The number of aliphatic hydroxyl groups excluding tert-OH is 1.